The van der Waals surface area contributed by atoms with Crippen LogP contribution in [0.25, 0.3) is 0 Å². The normalized spacial score (nSPS) is 12.6. The molecule has 6 heteroatoms. The molecular weight excluding hydrogens is 805 g/mol. The van der Waals surface area contributed by atoms with Gasteiger partial charge in [0.1, 0.15) is 13.2 Å². The predicted octanol–water partition coefficient (Wildman–Crippen LogP) is 18.2. The monoisotopic (exact) mass is 907 g/mol. The molecule has 0 unspecified atom stereocenters. The lowest BCUT2D eigenvalue weighted by Crippen LogP contribution is -2.30. The molecule has 0 spiro atoms. The quantitative estimate of drug-likeness (QED) is 0.0262. The molecule has 0 aromatic rings. The van der Waals surface area contributed by atoms with Crippen LogP contribution in [0.1, 0.15) is 265 Å². The molecule has 0 aliphatic carbocycles. The van der Waals surface area contributed by atoms with Crippen molar-refractivity contribution in [2.45, 2.75) is 271 Å². The van der Waals surface area contributed by atoms with E-state index < -0.39 is 6.10 Å². The Morgan fingerprint density at radius 3 is 0.985 bits per heavy atom. The first-order chi connectivity index (χ1) is 32.0. The number of rotatable bonds is 49. The second kappa shape index (κ2) is 53.5. The summed E-state index contributed by atoms with van der Waals surface area (Å²) in [5, 5.41) is 0. The number of carbonyl (C=O) groups excluding carboxylic acids is 3. The predicted molar refractivity (Wildman–Crippen MR) is 279 cm³/mol. The topological polar surface area (TPSA) is 78.9 Å². The molecular formula is C59H102O6. The highest BCUT2D eigenvalue weighted by Gasteiger charge is 2.19. The van der Waals surface area contributed by atoms with Crippen LogP contribution >= 0.6 is 0 Å². The molecule has 0 heterocycles. The summed E-state index contributed by atoms with van der Waals surface area (Å²) >= 11 is 0. The van der Waals surface area contributed by atoms with E-state index >= 15 is 0 Å². The summed E-state index contributed by atoms with van der Waals surface area (Å²) < 4.78 is 16.8. The molecule has 0 aliphatic heterocycles. The highest BCUT2D eigenvalue weighted by atomic mass is 16.6. The molecule has 1 atom stereocenters. The van der Waals surface area contributed by atoms with Gasteiger partial charge in [0.2, 0.25) is 0 Å². The van der Waals surface area contributed by atoms with Crippen molar-refractivity contribution in [1.29, 1.82) is 0 Å². The zero-order valence-corrected chi connectivity index (χ0v) is 42.7. The van der Waals surface area contributed by atoms with E-state index in [2.05, 4.69) is 93.7 Å². The number of ether oxygens (including phenoxy) is 3. The maximum absolute atomic E-state index is 12.8. The maximum atomic E-state index is 12.8. The van der Waals surface area contributed by atoms with Crippen molar-refractivity contribution >= 4 is 17.9 Å². The smallest absolute Gasteiger partial charge is 0.306 e. The molecule has 0 amide bonds. The van der Waals surface area contributed by atoms with Crippen LogP contribution in [0.5, 0.6) is 0 Å². The molecule has 0 rings (SSSR count). The first-order valence-corrected chi connectivity index (χ1v) is 27.4. The Labute approximate surface area is 402 Å². The molecule has 374 valence electrons. The van der Waals surface area contributed by atoms with E-state index in [1.807, 2.05) is 0 Å². The van der Waals surface area contributed by atoms with Crippen molar-refractivity contribution in [2.24, 2.45) is 0 Å². The number of unbranched alkanes of at least 4 members (excludes halogenated alkanes) is 26. The number of carbonyl (C=O) groups is 3. The molecule has 6 nitrogen and oxygen atoms in total. The van der Waals surface area contributed by atoms with E-state index in [0.29, 0.717) is 19.3 Å². The standard InChI is InChI=1S/C59H102O6/c1-4-7-10-13-16-19-22-25-27-28-29-30-32-35-38-41-44-47-50-53-59(62)65-56(54-63-57(60)51-48-45-42-39-36-33-24-21-18-15-12-9-6-3)55-64-58(61)52-49-46-43-40-37-34-31-26-23-20-17-14-11-8-5-2/h8,11,16-17,19-21,24-27,31,56H,4-7,9-10,12-15,18,22-23,28-30,32-55H2,1-3H3/b11-8-,19-16-,20-17-,24-21-,27-25-,31-26-/t56-/m0/s1. The number of hydrogen-bond acceptors (Lipinski definition) is 6. The van der Waals surface area contributed by atoms with E-state index in [1.165, 1.54) is 116 Å². The van der Waals surface area contributed by atoms with Gasteiger partial charge >= 0.3 is 17.9 Å². The lowest BCUT2D eigenvalue weighted by molar-refractivity contribution is -0.167. The van der Waals surface area contributed by atoms with Gasteiger partial charge < -0.3 is 14.2 Å². The van der Waals surface area contributed by atoms with Crippen LogP contribution < -0.4 is 0 Å². The van der Waals surface area contributed by atoms with Crippen LogP contribution in [-0.2, 0) is 28.6 Å². The van der Waals surface area contributed by atoms with Gasteiger partial charge in [-0.05, 0) is 109 Å². The third kappa shape index (κ3) is 51.7. The fraction of sp³-hybridized carbons (Fsp3) is 0.746. The average molecular weight is 907 g/mol. The highest BCUT2D eigenvalue weighted by molar-refractivity contribution is 5.71. The summed E-state index contributed by atoms with van der Waals surface area (Å²) in [4.78, 5) is 38.1. The molecule has 0 aromatic heterocycles. The number of hydrogen-bond donors (Lipinski definition) is 0. The van der Waals surface area contributed by atoms with Crippen LogP contribution in [0.2, 0.25) is 0 Å². The van der Waals surface area contributed by atoms with Crippen LogP contribution in [0.15, 0.2) is 72.9 Å². The van der Waals surface area contributed by atoms with Crippen molar-refractivity contribution in [3.8, 4) is 0 Å². The first-order valence-electron chi connectivity index (χ1n) is 27.4. The van der Waals surface area contributed by atoms with Gasteiger partial charge in [0.25, 0.3) is 0 Å². The summed E-state index contributed by atoms with van der Waals surface area (Å²) in [5.41, 5.74) is 0. The van der Waals surface area contributed by atoms with Crippen LogP contribution in [0, 0.1) is 0 Å². The fourth-order valence-electron chi connectivity index (χ4n) is 7.54. The SMILES string of the molecule is CC/C=C\C/C=C\C/C=C\CCCCCCCC(=O)OC[C@H](COC(=O)CCCCCCC/C=C\CCCCCC)OC(=O)CCCCCCCCCCC/C=C\C/C=C\CCCCC. The van der Waals surface area contributed by atoms with E-state index in [1.54, 1.807) is 0 Å². The minimum absolute atomic E-state index is 0.0868. The average Bonchev–Trinajstić information content (AvgIpc) is 3.30. The Hall–Kier alpha value is -3.15. The Balaban J connectivity index is 4.40. The highest BCUT2D eigenvalue weighted by Crippen LogP contribution is 2.15. The van der Waals surface area contributed by atoms with Gasteiger partial charge in [-0.2, -0.15) is 0 Å². The second-order valence-electron chi connectivity index (χ2n) is 18.1. The van der Waals surface area contributed by atoms with Gasteiger partial charge in [0, 0.05) is 19.3 Å². The minimum Gasteiger partial charge on any atom is -0.462 e. The minimum atomic E-state index is -0.788. The Morgan fingerprint density at radius 1 is 0.323 bits per heavy atom. The molecule has 0 aromatic carbocycles. The molecule has 0 radical (unpaired) electrons. The molecule has 0 aliphatic rings. The summed E-state index contributed by atoms with van der Waals surface area (Å²) in [6, 6.07) is 0. The molecule has 0 bridgehead atoms. The van der Waals surface area contributed by atoms with Crippen molar-refractivity contribution in [2.75, 3.05) is 13.2 Å². The van der Waals surface area contributed by atoms with Gasteiger partial charge in [-0.3, -0.25) is 14.4 Å². The Morgan fingerprint density at radius 2 is 0.600 bits per heavy atom. The van der Waals surface area contributed by atoms with Gasteiger partial charge in [-0.1, -0.05) is 209 Å². The van der Waals surface area contributed by atoms with E-state index in [4.69, 9.17) is 14.2 Å². The zero-order valence-electron chi connectivity index (χ0n) is 42.7. The molecule has 0 saturated carbocycles. The second-order valence-corrected chi connectivity index (χ2v) is 18.1. The third-order valence-electron chi connectivity index (χ3n) is 11.7. The van der Waals surface area contributed by atoms with Crippen LogP contribution in [-0.4, -0.2) is 37.2 Å². The summed E-state index contributed by atoms with van der Waals surface area (Å²) in [5.74, 6) is -0.912. The molecule has 0 saturated heterocycles. The van der Waals surface area contributed by atoms with Gasteiger partial charge in [-0.15, -0.1) is 0 Å². The van der Waals surface area contributed by atoms with E-state index in [0.717, 1.165) is 109 Å². The number of allylic oxidation sites excluding steroid dienone is 12. The van der Waals surface area contributed by atoms with E-state index in [9.17, 15) is 14.4 Å². The third-order valence-corrected chi connectivity index (χ3v) is 11.7. The summed E-state index contributed by atoms with van der Waals surface area (Å²) in [7, 11) is 0. The lowest BCUT2D eigenvalue weighted by atomic mass is 10.1. The maximum Gasteiger partial charge on any atom is 0.306 e. The molecule has 0 fully saturated rings. The van der Waals surface area contributed by atoms with Crippen molar-refractivity contribution in [3.63, 3.8) is 0 Å². The Bertz CT molecular complexity index is 1230. The summed E-state index contributed by atoms with van der Waals surface area (Å²) in [6.45, 7) is 6.47. The first kappa shape index (κ1) is 61.9. The van der Waals surface area contributed by atoms with Crippen LogP contribution in [0.4, 0.5) is 0 Å². The van der Waals surface area contributed by atoms with Crippen LogP contribution in [0.3, 0.4) is 0 Å². The molecule has 65 heavy (non-hydrogen) atoms. The largest absolute Gasteiger partial charge is 0.462 e. The van der Waals surface area contributed by atoms with E-state index in [-0.39, 0.29) is 31.1 Å². The van der Waals surface area contributed by atoms with Crippen molar-refractivity contribution in [1.82, 2.24) is 0 Å². The van der Waals surface area contributed by atoms with Gasteiger partial charge in [0.05, 0.1) is 0 Å². The molecule has 0 N–H and O–H groups in total. The fourth-order valence-corrected chi connectivity index (χ4v) is 7.54. The van der Waals surface area contributed by atoms with Gasteiger partial charge in [-0.25, -0.2) is 0 Å². The lowest BCUT2D eigenvalue weighted by Gasteiger charge is -2.18. The Kier molecular flexibility index (Phi) is 50.9. The zero-order chi connectivity index (χ0) is 47.2. The van der Waals surface area contributed by atoms with Crippen molar-refractivity contribution < 1.29 is 28.6 Å². The van der Waals surface area contributed by atoms with Gasteiger partial charge in [0.15, 0.2) is 6.10 Å². The summed E-state index contributed by atoms with van der Waals surface area (Å²) in [6.07, 6.45) is 67.4. The number of esters is 3. The van der Waals surface area contributed by atoms with Crippen molar-refractivity contribution in [3.05, 3.63) is 72.9 Å².